The molecule has 0 atom stereocenters. The van der Waals surface area contributed by atoms with Crippen molar-refractivity contribution < 1.29 is 9.18 Å². The molecular weight excluding hydrogens is 460 g/mol. The van der Waals surface area contributed by atoms with Crippen LogP contribution in [0.1, 0.15) is 10.4 Å². The number of rotatable bonds is 5. The Labute approximate surface area is 191 Å². The fraction of sp³-hybridized carbons (Fsp3) is 0.0476. The number of aromatic nitrogens is 4. The van der Waals surface area contributed by atoms with Crippen LogP contribution in [0.4, 0.5) is 10.1 Å². The monoisotopic (exact) mass is 473 g/mol. The van der Waals surface area contributed by atoms with Crippen LogP contribution in [0.15, 0.2) is 66.0 Å². The second-order valence-corrected chi connectivity index (χ2v) is 8.00. The summed E-state index contributed by atoms with van der Waals surface area (Å²) in [6, 6.07) is 11.2. The molecule has 2 aromatic carbocycles. The van der Waals surface area contributed by atoms with Gasteiger partial charge in [-0.1, -0.05) is 35.3 Å². The molecular formula is C21H14Cl2FN5OS. The van der Waals surface area contributed by atoms with E-state index in [0.717, 1.165) is 16.0 Å². The molecule has 6 nitrogen and oxygen atoms in total. The minimum absolute atomic E-state index is 0.266. The fourth-order valence-corrected chi connectivity index (χ4v) is 4.08. The first-order chi connectivity index (χ1) is 15.0. The van der Waals surface area contributed by atoms with Gasteiger partial charge in [0.25, 0.3) is 5.91 Å². The van der Waals surface area contributed by atoms with Gasteiger partial charge in [-0.2, -0.15) is 10.2 Å². The summed E-state index contributed by atoms with van der Waals surface area (Å²) in [5, 5.41) is 11.2. The van der Waals surface area contributed by atoms with Crippen LogP contribution in [0.25, 0.3) is 16.9 Å². The standard InChI is InChI=1S/C21H14Cl2FN5OS/c1-31-19-9-13(24)3-5-15(19)12-2-4-16(17(22)8-12)21(30)28-14-10-18(23)20(25-11-14)29-26-6-7-27-29/h2-11H,1H3,(H,28,30). The van der Waals surface area contributed by atoms with Gasteiger partial charge >= 0.3 is 0 Å². The van der Waals surface area contributed by atoms with Gasteiger partial charge in [0, 0.05) is 4.90 Å². The zero-order valence-corrected chi connectivity index (χ0v) is 18.3. The Bertz CT molecular complexity index is 1270. The van der Waals surface area contributed by atoms with Crippen molar-refractivity contribution in [2.24, 2.45) is 0 Å². The topological polar surface area (TPSA) is 72.7 Å². The van der Waals surface area contributed by atoms with Crippen molar-refractivity contribution in [2.75, 3.05) is 11.6 Å². The Morgan fingerprint density at radius 3 is 2.52 bits per heavy atom. The van der Waals surface area contributed by atoms with E-state index in [1.807, 2.05) is 6.26 Å². The van der Waals surface area contributed by atoms with E-state index in [4.69, 9.17) is 23.2 Å². The summed E-state index contributed by atoms with van der Waals surface area (Å²) in [4.78, 5) is 19.0. The van der Waals surface area contributed by atoms with Gasteiger partial charge < -0.3 is 5.32 Å². The maximum Gasteiger partial charge on any atom is 0.257 e. The molecule has 4 rings (SSSR count). The number of hydrogen-bond donors (Lipinski definition) is 1. The minimum atomic E-state index is -0.413. The second-order valence-electron chi connectivity index (χ2n) is 6.34. The lowest BCUT2D eigenvalue weighted by atomic mass is 10.0. The number of carbonyl (C=O) groups is 1. The minimum Gasteiger partial charge on any atom is -0.320 e. The third-order valence-electron chi connectivity index (χ3n) is 4.38. The normalized spacial score (nSPS) is 10.8. The van der Waals surface area contributed by atoms with Crippen LogP contribution in [0.3, 0.4) is 0 Å². The highest BCUT2D eigenvalue weighted by Gasteiger charge is 2.15. The lowest BCUT2D eigenvalue weighted by Crippen LogP contribution is -2.13. The zero-order valence-electron chi connectivity index (χ0n) is 16.0. The van der Waals surface area contributed by atoms with E-state index in [1.54, 1.807) is 30.3 Å². The largest absolute Gasteiger partial charge is 0.320 e. The van der Waals surface area contributed by atoms with Crippen molar-refractivity contribution in [2.45, 2.75) is 4.90 Å². The number of thioether (sulfide) groups is 1. The van der Waals surface area contributed by atoms with E-state index in [0.29, 0.717) is 11.5 Å². The van der Waals surface area contributed by atoms with Crippen LogP contribution in [0.5, 0.6) is 0 Å². The van der Waals surface area contributed by atoms with Gasteiger partial charge in [0.2, 0.25) is 0 Å². The molecule has 0 saturated heterocycles. The van der Waals surface area contributed by atoms with E-state index in [1.165, 1.54) is 47.3 Å². The molecule has 0 unspecified atom stereocenters. The SMILES string of the molecule is CSc1cc(F)ccc1-c1ccc(C(=O)Nc2cnc(-n3nccn3)c(Cl)c2)c(Cl)c1. The number of halogens is 3. The number of nitrogens with one attached hydrogen (secondary N) is 1. The molecule has 1 amide bonds. The number of benzene rings is 2. The van der Waals surface area contributed by atoms with Crippen LogP contribution in [-0.4, -0.2) is 32.1 Å². The Balaban J connectivity index is 1.56. The first-order valence-corrected chi connectivity index (χ1v) is 10.9. The van der Waals surface area contributed by atoms with Gasteiger partial charge in [-0.05, 0) is 47.7 Å². The van der Waals surface area contributed by atoms with Crippen LogP contribution in [0, 0.1) is 5.82 Å². The summed E-state index contributed by atoms with van der Waals surface area (Å²) in [5.74, 6) is -0.378. The van der Waals surface area contributed by atoms with Crippen LogP contribution in [-0.2, 0) is 0 Å². The predicted octanol–water partition coefficient (Wildman–Crippen LogP) is 5.75. The Morgan fingerprint density at radius 2 is 1.84 bits per heavy atom. The molecule has 1 N–H and O–H groups in total. The van der Waals surface area contributed by atoms with Gasteiger partial charge in [0.1, 0.15) is 5.82 Å². The molecule has 0 saturated carbocycles. The van der Waals surface area contributed by atoms with Gasteiger partial charge in [-0.25, -0.2) is 9.37 Å². The van der Waals surface area contributed by atoms with Crippen LogP contribution in [0.2, 0.25) is 10.0 Å². The summed E-state index contributed by atoms with van der Waals surface area (Å²) in [5.41, 5.74) is 2.30. The molecule has 2 heterocycles. The average Bonchev–Trinajstić information content (AvgIpc) is 3.28. The summed E-state index contributed by atoms with van der Waals surface area (Å²) < 4.78 is 13.5. The maximum atomic E-state index is 13.5. The molecule has 0 aliphatic rings. The van der Waals surface area contributed by atoms with Crippen LogP contribution < -0.4 is 5.32 Å². The highest BCUT2D eigenvalue weighted by Crippen LogP contribution is 2.33. The quantitative estimate of drug-likeness (QED) is 0.373. The van der Waals surface area contributed by atoms with Gasteiger partial charge in [0.05, 0.1) is 39.9 Å². The molecule has 2 aromatic heterocycles. The third-order valence-corrected chi connectivity index (χ3v) is 5.74. The first kappa shape index (κ1) is 21.3. The van der Waals surface area contributed by atoms with E-state index in [2.05, 4.69) is 20.5 Å². The van der Waals surface area contributed by atoms with Gasteiger partial charge in [0.15, 0.2) is 5.82 Å². The third kappa shape index (κ3) is 4.56. The van der Waals surface area contributed by atoms with Gasteiger partial charge in [-0.15, -0.1) is 16.6 Å². The number of hydrogen-bond acceptors (Lipinski definition) is 5. The number of anilines is 1. The van der Waals surface area contributed by atoms with Crippen molar-refractivity contribution in [3.8, 4) is 16.9 Å². The van der Waals surface area contributed by atoms with E-state index in [-0.39, 0.29) is 21.4 Å². The smallest absolute Gasteiger partial charge is 0.257 e. The Hall–Kier alpha value is -2.94. The number of pyridine rings is 1. The highest BCUT2D eigenvalue weighted by atomic mass is 35.5. The second kappa shape index (κ2) is 9.05. The van der Waals surface area contributed by atoms with Crippen molar-refractivity contribution >= 4 is 46.6 Å². The van der Waals surface area contributed by atoms with E-state index < -0.39 is 5.91 Å². The summed E-state index contributed by atoms with van der Waals surface area (Å²) in [6.07, 6.45) is 6.34. The van der Waals surface area contributed by atoms with Crippen molar-refractivity contribution in [1.29, 1.82) is 0 Å². The summed E-state index contributed by atoms with van der Waals surface area (Å²) in [6.45, 7) is 0. The van der Waals surface area contributed by atoms with Crippen molar-refractivity contribution in [3.05, 3.63) is 82.5 Å². The molecule has 4 aromatic rings. The predicted molar refractivity (Wildman–Crippen MR) is 121 cm³/mol. The van der Waals surface area contributed by atoms with Crippen LogP contribution >= 0.6 is 35.0 Å². The molecule has 0 radical (unpaired) electrons. The highest BCUT2D eigenvalue weighted by molar-refractivity contribution is 7.98. The van der Waals surface area contributed by atoms with Crippen molar-refractivity contribution in [3.63, 3.8) is 0 Å². The van der Waals surface area contributed by atoms with Crippen molar-refractivity contribution in [1.82, 2.24) is 20.0 Å². The number of nitrogens with zero attached hydrogens (tertiary/aromatic N) is 4. The zero-order chi connectivity index (χ0) is 22.0. The summed E-state index contributed by atoms with van der Waals surface area (Å²) >= 11 is 14.1. The number of carbonyl (C=O) groups excluding carboxylic acids is 1. The molecule has 0 aliphatic carbocycles. The molecule has 0 fully saturated rings. The first-order valence-electron chi connectivity index (χ1n) is 8.93. The van der Waals surface area contributed by atoms with E-state index >= 15 is 0 Å². The Kier molecular flexibility index (Phi) is 6.22. The molecule has 0 bridgehead atoms. The van der Waals surface area contributed by atoms with E-state index in [9.17, 15) is 9.18 Å². The molecule has 31 heavy (non-hydrogen) atoms. The average molecular weight is 474 g/mol. The molecule has 10 heteroatoms. The fourth-order valence-electron chi connectivity index (χ4n) is 2.94. The number of amides is 1. The molecule has 0 spiro atoms. The molecule has 0 aliphatic heterocycles. The summed E-state index contributed by atoms with van der Waals surface area (Å²) in [7, 11) is 0. The lowest BCUT2D eigenvalue weighted by molar-refractivity contribution is 0.102. The van der Waals surface area contributed by atoms with Gasteiger partial charge in [-0.3, -0.25) is 4.79 Å². The molecule has 156 valence electrons. The Morgan fingerprint density at radius 1 is 1.06 bits per heavy atom. The maximum absolute atomic E-state index is 13.5. The lowest BCUT2D eigenvalue weighted by Gasteiger charge is -2.11.